The van der Waals surface area contributed by atoms with Crippen molar-refractivity contribution in [2.24, 2.45) is 17.6 Å². The highest BCUT2D eigenvalue weighted by molar-refractivity contribution is 4.78. The van der Waals surface area contributed by atoms with Crippen molar-refractivity contribution < 1.29 is 0 Å². The summed E-state index contributed by atoms with van der Waals surface area (Å²) in [6.07, 6.45) is 6.80. The summed E-state index contributed by atoms with van der Waals surface area (Å²) < 4.78 is 0. The fraction of sp³-hybridized carbons (Fsp3) is 1.00. The molecule has 0 bridgehead atoms. The molecule has 0 aromatic rings. The van der Waals surface area contributed by atoms with Crippen LogP contribution in [0.1, 0.15) is 46.0 Å². The minimum atomic E-state index is 0.484. The van der Waals surface area contributed by atoms with E-state index in [0.717, 1.165) is 11.8 Å². The fourth-order valence-electron chi connectivity index (χ4n) is 2.12. The Morgan fingerprint density at radius 1 is 1.27 bits per heavy atom. The van der Waals surface area contributed by atoms with Crippen LogP contribution in [0.5, 0.6) is 0 Å². The molecule has 1 saturated carbocycles. The second kappa shape index (κ2) is 4.10. The highest BCUT2D eigenvalue weighted by Crippen LogP contribution is 2.28. The van der Waals surface area contributed by atoms with Crippen molar-refractivity contribution in [2.75, 3.05) is 0 Å². The van der Waals surface area contributed by atoms with Gasteiger partial charge >= 0.3 is 0 Å². The van der Waals surface area contributed by atoms with Crippen LogP contribution in [0.3, 0.4) is 0 Å². The summed E-state index contributed by atoms with van der Waals surface area (Å²) in [5.41, 5.74) is 6.08. The first kappa shape index (κ1) is 9.05. The van der Waals surface area contributed by atoms with E-state index in [1.54, 1.807) is 0 Å². The Morgan fingerprint density at radius 3 is 2.27 bits per heavy atom. The number of nitrogens with two attached hydrogens (primary N) is 1. The SMILES string of the molecule is CC(C)C[C@H](N)C1CCCC1. The van der Waals surface area contributed by atoms with E-state index in [1.165, 1.54) is 32.1 Å². The fourth-order valence-corrected chi connectivity index (χ4v) is 2.12. The zero-order chi connectivity index (χ0) is 8.27. The van der Waals surface area contributed by atoms with Gasteiger partial charge in [-0.2, -0.15) is 0 Å². The van der Waals surface area contributed by atoms with Gasteiger partial charge in [0, 0.05) is 6.04 Å². The van der Waals surface area contributed by atoms with Gasteiger partial charge in [0.15, 0.2) is 0 Å². The third-order valence-corrected chi connectivity index (χ3v) is 2.75. The van der Waals surface area contributed by atoms with E-state index in [0.29, 0.717) is 6.04 Å². The van der Waals surface area contributed by atoms with Gasteiger partial charge in [0.25, 0.3) is 0 Å². The van der Waals surface area contributed by atoms with Crippen molar-refractivity contribution >= 4 is 0 Å². The Kier molecular flexibility index (Phi) is 3.38. The van der Waals surface area contributed by atoms with Crippen LogP contribution in [0.4, 0.5) is 0 Å². The smallest absolute Gasteiger partial charge is 0.00695 e. The van der Waals surface area contributed by atoms with Gasteiger partial charge in [0.2, 0.25) is 0 Å². The minimum Gasteiger partial charge on any atom is -0.327 e. The van der Waals surface area contributed by atoms with Crippen LogP contribution in [-0.2, 0) is 0 Å². The van der Waals surface area contributed by atoms with E-state index in [-0.39, 0.29) is 0 Å². The molecule has 0 aliphatic heterocycles. The highest BCUT2D eigenvalue weighted by Gasteiger charge is 2.21. The second-order valence-electron chi connectivity index (χ2n) is 4.34. The summed E-state index contributed by atoms with van der Waals surface area (Å²) in [4.78, 5) is 0. The second-order valence-corrected chi connectivity index (χ2v) is 4.34. The molecule has 1 atom stereocenters. The van der Waals surface area contributed by atoms with E-state index >= 15 is 0 Å². The van der Waals surface area contributed by atoms with Gasteiger partial charge in [-0.05, 0) is 31.1 Å². The van der Waals surface area contributed by atoms with Crippen molar-refractivity contribution in [1.29, 1.82) is 0 Å². The van der Waals surface area contributed by atoms with Crippen LogP contribution in [0.15, 0.2) is 0 Å². The van der Waals surface area contributed by atoms with Crippen molar-refractivity contribution in [2.45, 2.75) is 52.0 Å². The Labute approximate surface area is 70.4 Å². The summed E-state index contributed by atoms with van der Waals surface area (Å²) in [5.74, 6) is 1.61. The standard InChI is InChI=1S/C10H21N/c1-8(2)7-10(11)9-5-3-4-6-9/h8-10H,3-7,11H2,1-2H3/t10-/m0/s1. The summed E-state index contributed by atoms with van der Waals surface area (Å²) >= 11 is 0. The van der Waals surface area contributed by atoms with Crippen LogP contribution < -0.4 is 5.73 Å². The summed E-state index contributed by atoms with van der Waals surface area (Å²) in [6.45, 7) is 4.52. The van der Waals surface area contributed by atoms with Crippen LogP contribution in [0.25, 0.3) is 0 Å². The summed E-state index contributed by atoms with van der Waals surface area (Å²) in [5, 5.41) is 0. The zero-order valence-corrected chi connectivity index (χ0v) is 7.84. The van der Waals surface area contributed by atoms with E-state index < -0.39 is 0 Å². The highest BCUT2D eigenvalue weighted by atomic mass is 14.7. The van der Waals surface area contributed by atoms with Gasteiger partial charge in [-0.1, -0.05) is 26.7 Å². The minimum absolute atomic E-state index is 0.484. The van der Waals surface area contributed by atoms with Gasteiger partial charge in [0.1, 0.15) is 0 Å². The number of hydrogen-bond donors (Lipinski definition) is 1. The van der Waals surface area contributed by atoms with Crippen LogP contribution in [-0.4, -0.2) is 6.04 Å². The maximum absolute atomic E-state index is 6.08. The molecule has 1 heteroatoms. The molecule has 0 spiro atoms. The predicted molar refractivity (Wildman–Crippen MR) is 49.4 cm³/mol. The van der Waals surface area contributed by atoms with E-state index in [2.05, 4.69) is 13.8 Å². The van der Waals surface area contributed by atoms with Crippen LogP contribution >= 0.6 is 0 Å². The van der Waals surface area contributed by atoms with Crippen molar-refractivity contribution in [1.82, 2.24) is 0 Å². The van der Waals surface area contributed by atoms with Gasteiger partial charge < -0.3 is 5.73 Å². The molecule has 1 aliphatic rings. The quantitative estimate of drug-likeness (QED) is 0.666. The lowest BCUT2D eigenvalue weighted by Crippen LogP contribution is -2.29. The molecule has 0 amide bonds. The molecule has 0 saturated heterocycles. The van der Waals surface area contributed by atoms with E-state index in [4.69, 9.17) is 5.73 Å². The van der Waals surface area contributed by atoms with E-state index in [1.807, 2.05) is 0 Å². The van der Waals surface area contributed by atoms with Crippen LogP contribution in [0.2, 0.25) is 0 Å². The van der Waals surface area contributed by atoms with E-state index in [9.17, 15) is 0 Å². The number of rotatable bonds is 3. The van der Waals surface area contributed by atoms with Gasteiger partial charge in [0.05, 0.1) is 0 Å². The maximum Gasteiger partial charge on any atom is 0.00695 e. The molecule has 1 aliphatic carbocycles. The van der Waals surface area contributed by atoms with Gasteiger partial charge in [-0.25, -0.2) is 0 Å². The monoisotopic (exact) mass is 155 g/mol. The summed E-state index contributed by atoms with van der Waals surface area (Å²) in [6, 6.07) is 0.484. The molecule has 1 nitrogen and oxygen atoms in total. The van der Waals surface area contributed by atoms with Crippen LogP contribution in [0, 0.1) is 11.8 Å². The predicted octanol–water partition coefficient (Wildman–Crippen LogP) is 2.55. The first-order valence-electron chi connectivity index (χ1n) is 4.95. The lowest BCUT2D eigenvalue weighted by Gasteiger charge is -2.20. The molecule has 2 N–H and O–H groups in total. The molecule has 1 fully saturated rings. The topological polar surface area (TPSA) is 26.0 Å². The normalized spacial score (nSPS) is 22.9. The lowest BCUT2D eigenvalue weighted by atomic mass is 9.92. The van der Waals surface area contributed by atoms with Gasteiger partial charge in [-0.3, -0.25) is 0 Å². The van der Waals surface area contributed by atoms with Crippen molar-refractivity contribution in [3.63, 3.8) is 0 Å². The number of hydrogen-bond acceptors (Lipinski definition) is 1. The average Bonchev–Trinajstić information content (AvgIpc) is 2.35. The molecule has 66 valence electrons. The molecule has 0 heterocycles. The molecule has 0 aromatic carbocycles. The Morgan fingerprint density at radius 2 is 1.82 bits per heavy atom. The first-order valence-corrected chi connectivity index (χ1v) is 4.95. The molecular formula is C10H21N. The Bertz CT molecular complexity index is 103. The molecule has 1 rings (SSSR count). The molecule has 0 unspecified atom stereocenters. The third kappa shape index (κ3) is 2.82. The molecule has 0 radical (unpaired) electrons. The van der Waals surface area contributed by atoms with Crippen molar-refractivity contribution in [3.8, 4) is 0 Å². The average molecular weight is 155 g/mol. The van der Waals surface area contributed by atoms with Crippen molar-refractivity contribution in [3.05, 3.63) is 0 Å². The lowest BCUT2D eigenvalue weighted by molar-refractivity contribution is 0.368. The Hall–Kier alpha value is -0.0400. The zero-order valence-electron chi connectivity index (χ0n) is 7.84. The Balaban J connectivity index is 2.22. The molecular weight excluding hydrogens is 134 g/mol. The first-order chi connectivity index (χ1) is 5.20. The largest absolute Gasteiger partial charge is 0.327 e. The van der Waals surface area contributed by atoms with Gasteiger partial charge in [-0.15, -0.1) is 0 Å². The maximum atomic E-state index is 6.08. The molecule has 0 aromatic heterocycles. The molecule has 11 heavy (non-hydrogen) atoms. The summed E-state index contributed by atoms with van der Waals surface area (Å²) in [7, 11) is 0. The third-order valence-electron chi connectivity index (χ3n) is 2.75.